The topological polar surface area (TPSA) is 55.9 Å². The smallest absolute Gasteiger partial charge is 0.317 e. The second kappa shape index (κ2) is 7.66. The Morgan fingerprint density at radius 2 is 1.92 bits per heavy atom. The van der Waals surface area contributed by atoms with E-state index >= 15 is 0 Å². The first-order chi connectivity index (χ1) is 12.3. The van der Waals surface area contributed by atoms with Gasteiger partial charge in [-0.1, -0.05) is 36.8 Å². The van der Waals surface area contributed by atoms with Gasteiger partial charge in [-0.3, -0.25) is 4.79 Å². The molecule has 2 aliphatic heterocycles. The number of nitrogens with one attached hydrogen (secondary N) is 1. The summed E-state index contributed by atoms with van der Waals surface area (Å²) in [5.41, 5.74) is 2.46. The molecule has 3 rings (SSSR count). The Labute approximate surface area is 156 Å². The largest absolute Gasteiger partial charge is 0.337 e. The molecule has 0 spiro atoms. The number of likely N-dealkylation sites (tertiary alicyclic amines) is 1. The van der Waals surface area contributed by atoms with E-state index in [0.717, 1.165) is 25.1 Å². The average Bonchev–Trinajstić information content (AvgIpc) is 2.96. The highest BCUT2D eigenvalue weighted by Crippen LogP contribution is 2.27. The summed E-state index contributed by atoms with van der Waals surface area (Å²) in [6.45, 7) is 8.93. The van der Waals surface area contributed by atoms with E-state index in [1.54, 1.807) is 4.90 Å². The highest BCUT2D eigenvalue weighted by atomic mass is 16.2. The van der Waals surface area contributed by atoms with Crippen LogP contribution < -0.4 is 5.32 Å². The van der Waals surface area contributed by atoms with Gasteiger partial charge in [-0.05, 0) is 37.9 Å². The third kappa shape index (κ3) is 4.55. The van der Waals surface area contributed by atoms with Crippen LogP contribution in [0, 0.1) is 12.3 Å². The fraction of sp³-hybridized carbons (Fsp3) is 0.600. The number of hydrogen-bond donors (Lipinski definition) is 1. The Bertz CT molecular complexity index is 660. The van der Waals surface area contributed by atoms with Crippen LogP contribution in [0.15, 0.2) is 24.3 Å². The number of piperazine rings is 1. The summed E-state index contributed by atoms with van der Waals surface area (Å²) < 4.78 is 0. The maximum Gasteiger partial charge on any atom is 0.317 e. The predicted octanol–water partition coefficient (Wildman–Crippen LogP) is 1.69. The van der Waals surface area contributed by atoms with Gasteiger partial charge in [0.2, 0.25) is 5.91 Å². The minimum absolute atomic E-state index is 0.0128. The number of rotatable bonds is 4. The fourth-order valence-corrected chi connectivity index (χ4v) is 3.78. The van der Waals surface area contributed by atoms with Crippen molar-refractivity contribution in [2.45, 2.75) is 26.8 Å². The molecule has 0 unspecified atom stereocenters. The van der Waals surface area contributed by atoms with Gasteiger partial charge >= 0.3 is 6.03 Å². The van der Waals surface area contributed by atoms with E-state index in [4.69, 9.17) is 0 Å². The molecule has 2 aliphatic rings. The molecule has 6 nitrogen and oxygen atoms in total. The van der Waals surface area contributed by atoms with Crippen LogP contribution in [0.3, 0.4) is 0 Å². The van der Waals surface area contributed by atoms with Crippen molar-refractivity contribution in [1.82, 2.24) is 20.0 Å². The normalized spacial score (nSPS) is 24.2. The molecule has 0 saturated carbocycles. The zero-order valence-electron chi connectivity index (χ0n) is 16.1. The summed E-state index contributed by atoms with van der Waals surface area (Å²) in [5, 5.41) is 3.04. The van der Waals surface area contributed by atoms with Crippen LogP contribution in [-0.4, -0.2) is 73.0 Å². The second-order valence-electron chi connectivity index (χ2n) is 8.18. The van der Waals surface area contributed by atoms with Gasteiger partial charge < -0.3 is 20.0 Å². The Morgan fingerprint density at radius 3 is 2.54 bits per heavy atom. The molecule has 1 aromatic carbocycles. The van der Waals surface area contributed by atoms with Crippen molar-refractivity contribution >= 4 is 11.9 Å². The molecule has 2 saturated heterocycles. The molecule has 3 amide bonds. The van der Waals surface area contributed by atoms with Gasteiger partial charge in [-0.2, -0.15) is 0 Å². The van der Waals surface area contributed by atoms with E-state index in [1.807, 2.05) is 4.90 Å². The minimum Gasteiger partial charge on any atom is -0.337 e. The molecule has 2 fully saturated rings. The summed E-state index contributed by atoms with van der Waals surface area (Å²) >= 11 is 0. The number of benzene rings is 1. The van der Waals surface area contributed by atoms with Crippen LogP contribution in [0.2, 0.25) is 0 Å². The van der Waals surface area contributed by atoms with E-state index in [-0.39, 0.29) is 23.9 Å². The molecule has 1 N–H and O–H groups in total. The lowest BCUT2D eigenvalue weighted by Gasteiger charge is -2.35. The van der Waals surface area contributed by atoms with Gasteiger partial charge in [0.25, 0.3) is 0 Å². The molecule has 0 aliphatic carbocycles. The van der Waals surface area contributed by atoms with Crippen LogP contribution in [-0.2, 0) is 11.3 Å². The number of amides is 3. The first-order valence-corrected chi connectivity index (χ1v) is 9.39. The molecule has 2 heterocycles. The SMILES string of the molecule is Cc1ccc(CN2CCN(C(=O)NC[C@@]3(C)CCN(C)C3)CC2=O)cc1. The van der Waals surface area contributed by atoms with Gasteiger partial charge in [0.05, 0.1) is 0 Å². The van der Waals surface area contributed by atoms with Crippen molar-refractivity contribution in [1.29, 1.82) is 0 Å². The Balaban J connectivity index is 1.47. The average molecular weight is 358 g/mol. The van der Waals surface area contributed by atoms with Crippen molar-refractivity contribution < 1.29 is 9.59 Å². The zero-order chi connectivity index (χ0) is 18.7. The van der Waals surface area contributed by atoms with Crippen molar-refractivity contribution in [3.05, 3.63) is 35.4 Å². The van der Waals surface area contributed by atoms with E-state index in [1.165, 1.54) is 5.56 Å². The quantitative estimate of drug-likeness (QED) is 0.891. The number of nitrogens with zero attached hydrogens (tertiary/aromatic N) is 3. The summed E-state index contributed by atoms with van der Waals surface area (Å²) in [6.07, 6.45) is 1.09. The van der Waals surface area contributed by atoms with E-state index in [2.05, 4.69) is 55.4 Å². The lowest BCUT2D eigenvalue weighted by atomic mass is 9.90. The molecule has 0 radical (unpaired) electrons. The van der Waals surface area contributed by atoms with E-state index < -0.39 is 0 Å². The van der Waals surface area contributed by atoms with Gasteiger partial charge in [-0.25, -0.2) is 4.79 Å². The monoisotopic (exact) mass is 358 g/mol. The predicted molar refractivity (Wildman–Crippen MR) is 102 cm³/mol. The highest BCUT2D eigenvalue weighted by molar-refractivity contribution is 5.85. The first-order valence-electron chi connectivity index (χ1n) is 9.39. The molecule has 0 aromatic heterocycles. The van der Waals surface area contributed by atoms with E-state index in [0.29, 0.717) is 26.2 Å². The van der Waals surface area contributed by atoms with Crippen LogP contribution in [0.1, 0.15) is 24.5 Å². The first kappa shape index (κ1) is 18.7. The number of aryl methyl sites for hydroxylation is 1. The minimum atomic E-state index is -0.121. The number of urea groups is 1. The fourth-order valence-electron chi connectivity index (χ4n) is 3.78. The van der Waals surface area contributed by atoms with Crippen molar-refractivity contribution in [3.63, 3.8) is 0 Å². The van der Waals surface area contributed by atoms with Crippen LogP contribution in [0.4, 0.5) is 4.79 Å². The molecule has 6 heteroatoms. The van der Waals surface area contributed by atoms with Crippen LogP contribution in [0.25, 0.3) is 0 Å². The molecule has 0 bridgehead atoms. The number of carbonyl (C=O) groups is 2. The highest BCUT2D eigenvalue weighted by Gasteiger charge is 2.33. The number of carbonyl (C=O) groups excluding carboxylic acids is 2. The molecule has 142 valence electrons. The van der Waals surface area contributed by atoms with Crippen molar-refractivity contribution in [3.8, 4) is 0 Å². The standard InChI is InChI=1S/C20H30N4O2/c1-16-4-6-17(7-5-16)12-23-10-11-24(13-18(23)25)19(26)21-14-20(2)8-9-22(3)15-20/h4-7H,8-15H2,1-3H3,(H,21,26)/t20-/m1/s1. The van der Waals surface area contributed by atoms with Gasteiger partial charge in [0.1, 0.15) is 6.54 Å². The van der Waals surface area contributed by atoms with Crippen molar-refractivity contribution in [2.24, 2.45) is 5.41 Å². The number of hydrogen-bond acceptors (Lipinski definition) is 3. The summed E-state index contributed by atoms with van der Waals surface area (Å²) in [7, 11) is 2.11. The molecule has 26 heavy (non-hydrogen) atoms. The van der Waals surface area contributed by atoms with Gasteiger partial charge in [0, 0.05) is 32.7 Å². The lowest BCUT2D eigenvalue weighted by molar-refractivity contribution is -0.135. The second-order valence-corrected chi connectivity index (χ2v) is 8.18. The van der Waals surface area contributed by atoms with Gasteiger partial charge in [0.15, 0.2) is 0 Å². The van der Waals surface area contributed by atoms with Crippen LogP contribution in [0.5, 0.6) is 0 Å². The Kier molecular flexibility index (Phi) is 5.51. The maximum atomic E-state index is 12.5. The molecular formula is C20H30N4O2. The lowest BCUT2D eigenvalue weighted by Crippen LogP contribution is -2.55. The third-order valence-electron chi connectivity index (χ3n) is 5.52. The zero-order valence-corrected chi connectivity index (χ0v) is 16.1. The van der Waals surface area contributed by atoms with Crippen molar-refractivity contribution in [2.75, 3.05) is 46.3 Å². The van der Waals surface area contributed by atoms with E-state index in [9.17, 15) is 9.59 Å². The summed E-state index contributed by atoms with van der Waals surface area (Å²) in [5.74, 6) is 0.0128. The third-order valence-corrected chi connectivity index (χ3v) is 5.52. The summed E-state index contributed by atoms with van der Waals surface area (Å²) in [6, 6.07) is 8.11. The maximum absolute atomic E-state index is 12.5. The Hall–Kier alpha value is -2.08. The summed E-state index contributed by atoms with van der Waals surface area (Å²) in [4.78, 5) is 30.7. The van der Waals surface area contributed by atoms with Crippen LogP contribution >= 0.6 is 0 Å². The molecule has 1 atom stereocenters. The molecule has 1 aromatic rings. The Morgan fingerprint density at radius 1 is 1.19 bits per heavy atom. The molecular weight excluding hydrogens is 328 g/mol. The van der Waals surface area contributed by atoms with Gasteiger partial charge in [-0.15, -0.1) is 0 Å².